The molecule has 3 heterocycles. The van der Waals surface area contributed by atoms with E-state index in [0.717, 1.165) is 12.8 Å². The molecule has 8 heteroatoms. The Morgan fingerprint density at radius 1 is 1.17 bits per heavy atom. The maximum atomic E-state index is 13.3. The molecule has 1 aromatic rings. The molecular formula is C21H25N3O5. The van der Waals surface area contributed by atoms with Crippen molar-refractivity contribution in [1.29, 1.82) is 0 Å². The maximum absolute atomic E-state index is 13.3. The number of nitrogens with one attached hydrogen (secondary N) is 1. The Bertz CT molecular complexity index is 868. The number of hydrogen-bond acceptors (Lipinski definition) is 5. The van der Waals surface area contributed by atoms with Crippen LogP contribution in [0.3, 0.4) is 0 Å². The molecule has 4 amide bonds. The molecule has 0 aromatic heterocycles. The summed E-state index contributed by atoms with van der Waals surface area (Å²) in [5, 5.41) is 2.23. The van der Waals surface area contributed by atoms with Gasteiger partial charge in [0.15, 0.2) is 0 Å². The molecule has 154 valence electrons. The SMILES string of the molecule is CCOC(=O)[C@@]1(CC)C[C@H]2CC[C@@H]1N2C(=O)c1ccc(N2CC(=O)NC2=O)cc1. The second kappa shape index (κ2) is 7.17. The number of carbonyl (C=O) groups is 4. The minimum atomic E-state index is -0.622. The lowest BCUT2D eigenvalue weighted by molar-refractivity contribution is -0.157. The number of urea groups is 1. The van der Waals surface area contributed by atoms with E-state index in [0.29, 0.717) is 30.7 Å². The van der Waals surface area contributed by atoms with Gasteiger partial charge in [0.1, 0.15) is 6.54 Å². The minimum absolute atomic E-state index is 0.0268. The first-order valence-corrected chi connectivity index (χ1v) is 10.1. The molecule has 4 rings (SSSR count). The van der Waals surface area contributed by atoms with E-state index in [9.17, 15) is 19.2 Å². The van der Waals surface area contributed by atoms with Gasteiger partial charge in [-0.1, -0.05) is 6.92 Å². The summed E-state index contributed by atoms with van der Waals surface area (Å²) in [6.45, 7) is 4.09. The molecule has 3 aliphatic heterocycles. The van der Waals surface area contributed by atoms with Crippen LogP contribution in [0.5, 0.6) is 0 Å². The van der Waals surface area contributed by atoms with Crippen molar-refractivity contribution in [3.8, 4) is 0 Å². The fourth-order valence-electron chi connectivity index (χ4n) is 5.09. The van der Waals surface area contributed by atoms with Gasteiger partial charge in [-0.2, -0.15) is 0 Å². The predicted molar refractivity (Wildman–Crippen MR) is 104 cm³/mol. The number of nitrogens with zero attached hydrogens (tertiary/aromatic N) is 2. The highest BCUT2D eigenvalue weighted by Crippen LogP contribution is 2.52. The van der Waals surface area contributed by atoms with E-state index in [1.54, 1.807) is 31.2 Å². The molecule has 3 atom stereocenters. The summed E-state index contributed by atoms with van der Waals surface area (Å²) in [5.74, 6) is -0.656. The van der Waals surface area contributed by atoms with E-state index in [4.69, 9.17) is 4.74 Å². The molecule has 2 bridgehead atoms. The molecular weight excluding hydrogens is 374 g/mol. The molecule has 1 aromatic carbocycles. The Balaban J connectivity index is 1.55. The van der Waals surface area contributed by atoms with Crippen LogP contribution in [0.4, 0.5) is 10.5 Å². The monoisotopic (exact) mass is 399 g/mol. The van der Waals surface area contributed by atoms with Gasteiger partial charge < -0.3 is 9.64 Å². The summed E-state index contributed by atoms with van der Waals surface area (Å²) in [5.41, 5.74) is 0.443. The Kier molecular flexibility index (Phi) is 4.80. The summed E-state index contributed by atoms with van der Waals surface area (Å²) in [4.78, 5) is 52.4. The van der Waals surface area contributed by atoms with E-state index >= 15 is 0 Å². The van der Waals surface area contributed by atoms with Crippen LogP contribution in [0, 0.1) is 5.41 Å². The lowest BCUT2D eigenvalue weighted by atomic mass is 9.72. The van der Waals surface area contributed by atoms with Crippen LogP contribution in [0.15, 0.2) is 24.3 Å². The third-order valence-corrected chi connectivity index (χ3v) is 6.51. The topological polar surface area (TPSA) is 96.0 Å². The van der Waals surface area contributed by atoms with Crippen molar-refractivity contribution in [3.63, 3.8) is 0 Å². The Labute approximate surface area is 169 Å². The highest BCUT2D eigenvalue weighted by Gasteiger charge is 2.61. The second-order valence-corrected chi connectivity index (χ2v) is 7.88. The summed E-state index contributed by atoms with van der Waals surface area (Å²) in [7, 11) is 0. The fourth-order valence-corrected chi connectivity index (χ4v) is 5.09. The van der Waals surface area contributed by atoms with Crippen LogP contribution >= 0.6 is 0 Å². The zero-order valence-electron chi connectivity index (χ0n) is 16.6. The number of carbonyl (C=O) groups excluding carboxylic acids is 4. The number of ether oxygens (including phenoxy) is 1. The lowest BCUT2D eigenvalue weighted by Gasteiger charge is -2.34. The number of anilines is 1. The molecule has 0 saturated carbocycles. The standard InChI is InChI=1S/C21H25N3O5/c1-3-21(19(27)29-4-2)11-15-9-10-16(21)24(15)18(26)13-5-7-14(8-6-13)23-12-17(25)22-20(23)28/h5-8,15-16H,3-4,9-12H2,1-2H3,(H,22,25,28)/t15-,16+,21+/m1/s1. The Morgan fingerprint density at radius 3 is 2.48 bits per heavy atom. The summed E-state index contributed by atoms with van der Waals surface area (Å²) in [6, 6.07) is 6.11. The van der Waals surface area contributed by atoms with Crippen molar-refractivity contribution in [2.75, 3.05) is 18.1 Å². The maximum Gasteiger partial charge on any atom is 0.329 e. The van der Waals surface area contributed by atoms with E-state index in [2.05, 4.69) is 5.32 Å². The zero-order chi connectivity index (χ0) is 20.8. The van der Waals surface area contributed by atoms with Gasteiger partial charge >= 0.3 is 12.0 Å². The summed E-state index contributed by atoms with van der Waals surface area (Å²) in [6.07, 6.45) is 2.99. The van der Waals surface area contributed by atoms with Gasteiger partial charge in [-0.15, -0.1) is 0 Å². The molecule has 3 saturated heterocycles. The van der Waals surface area contributed by atoms with Crippen molar-refractivity contribution in [2.45, 2.75) is 51.6 Å². The molecule has 0 spiro atoms. The van der Waals surface area contributed by atoms with Crippen LogP contribution in [0.25, 0.3) is 0 Å². The zero-order valence-corrected chi connectivity index (χ0v) is 16.6. The van der Waals surface area contributed by atoms with E-state index in [-0.39, 0.29) is 36.4 Å². The van der Waals surface area contributed by atoms with Gasteiger partial charge in [0.25, 0.3) is 5.91 Å². The number of benzene rings is 1. The second-order valence-electron chi connectivity index (χ2n) is 7.88. The molecule has 0 unspecified atom stereocenters. The number of esters is 1. The summed E-state index contributed by atoms with van der Waals surface area (Å²) >= 11 is 0. The van der Waals surface area contributed by atoms with Crippen molar-refractivity contribution >= 4 is 29.5 Å². The van der Waals surface area contributed by atoms with Crippen molar-refractivity contribution in [1.82, 2.24) is 10.2 Å². The van der Waals surface area contributed by atoms with Gasteiger partial charge in [0.05, 0.1) is 12.0 Å². The van der Waals surface area contributed by atoms with Crippen molar-refractivity contribution in [2.24, 2.45) is 5.41 Å². The van der Waals surface area contributed by atoms with Gasteiger partial charge in [-0.3, -0.25) is 24.6 Å². The number of hydrogen-bond donors (Lipinski definition) is 1. The van der Waals surface area contributed by atoms with Crippen LogP contribution < -0.4 is 10.2 Å². The quantitative estimate of drug-likeness (QED) is 0.604. The molecule has 0 radical (unpaired) electrons. The average molecular weight is 399 g/mol. The van der Waals surface area contributed by atoms with Gasteiger partial charge in [-0.05, 0) is 56.9 Å². The van der Waals surface area contributed by atoms with Crippen molar-refractivity contribution < 1.29 is 23.9 Å². The van der Waals surface area contributed by atoms with Crippen LogP contribution in [-0.4, -0.2) is 54.0 Å². The number of fused-ring (bicyclic) bond motifs is 2. The van der Waals surface area contributed by atoms with Crippen LogP contribution in [0.1, 0.15) is 49.9 Å². The normalized spacial score (nSPS) is 28.1. The average Bonchev–Trinajstić information content (AvgIpc) is 3.38. The summed E-state index contributed by atoms with van der Waals surface area (Å²) < 4.78 is 5.35. The lowest BCUT2D eigenvalue weighted by Crippen LogP contribution is -2.45. The number of amides is 4. The van der Waals surface area contributed by atoms with Crippen LogP contribution in [0.2, 0.25) is 0 Å². The molecule has 8 nitrogen and oxygen atoms in total. The number of rotatable bonds is 5. The first-order valence-electron chi connectivity index (χ1n) is 10.1. The van der Waals surface area contributed by atoms with Gasteiger partial charge in [0, 0.05) is 23.3 Å². The first-order chi connectivity index (χ1) is 13.9. The largest absolute Gasteiger partial charge is 0.466 e. The third kappa shape index (κ3) is 2.97. The number of imide groups is 1. The molecule has 3 aliphatic rings. The van der Waals surface area contributed by atoms with Crippen LogP contribution in [-0.2, 0) is 14.3 Å². The Morgan fingerprint density at radius 2 is 1.90 bits per heavy atom. The van der Waals surface area contributed by atoms with Gasteiger partial charge in [0.2, 0.25) is 5.91 Å². The van der Waals surface area contributed by atoms with E-state index < -0.39 is 11.4 Å². The first kappa shape index (κ1) is 19.4. The molecule has 0 aliphatic carbocycles. The minimum Gasteiger partial charge on any atom is -0.466 e. The Hall–Kier alpha value is -2.90. The molecule has 29 heavy (non-hydrogen) atoms. The van der Waals surface area contributed by atoms with E-state index in [1.807, 2.05) is 11.8 Å². The molecule has 3 fully saturated rings. The highest BCUT2D eigenvalue weighted by molar-refractivity contribution is 6.12. The van der Waals surface area contributed by atoms with E-state index in [1.165, 1.54) is 4.90 Å². The smallest absolute Gasteiger partial charge is 0.329 e. The third-order valence-electron chi connectivity index (χ3n) is 6.51. The van der Waals surface area contributed by atoms with Gasteiger partial charge in [-0.25, -0.2) is 4.79 Å². The molecule has 1 N–H and O–H groups in total. The highest BCUT2D eigenvalue weighted by atomic mass is 16.5. The fraction of sp³-hybridized carbons (Fsp3) is 0.524. The predicted octanol–water partition coefficient (Wildman–Crippen LogP) is 2.08. The van der Waals surface area contributed by atoms with Crippen molar-refractivity contribution in [3.05, 3.63) is 29.8 Å².